The fourth-order valence-corrected chi connectivity index (χ4v) is 1.92. The Morgan fingerprint density at radius 3 is 2.95 bits per heavy atom. The zero-order valence-electron chi connectivity index (χ0n) is 9.55. The predicted molar refractivity (Wildman–Crippen MR) is 77.1 cm³/mol. The SMILES string of the molecule is Cl.NC1=N[C@@H]2[C@@H](C=CCN2C(=O)OCC(Cl)(Cl)Cl)N1. The average molecular weight is 350 g/mol. The quantitative estimate of drug-likeness (QED) is 0.554. The summed E-state index contributed by atoms with van der Waals surface area (Å²) < 4.78 is 3.28. The normalized spacial score (nSPS) is 25.0. The van der Waals surface area contributed by atoms with Gasteiger partial charge in [0.15, 0.2) is 12.1 Å². The van der Waals surface area contributed by atoms with Crippen molar-refractivity contribution in [1.82, 2.24) is 10.2 Å². The predicted octanol–water partition coefficient (Wildman–Crippen LogP) is 1.40. The van der Waals surface area contributed by atoms with Gasteiger partial charge in [-0.25, -0.2) is 9.79 Å². The fourth-order valence-electron chi connectivity index (χ4n) is 1.75. The standard InChI is InChI=1S/C9H11Cl3N4O2.ClH/c10-9(11,12)4-18-8(17)16-3-1-2-5-6(16)15-7(13)14-5;/h1-2,5-6H,3-4H2,(H3,13,14,15);1H/t5-,6+;/m1./s1. The molecule has 6 nitrogen and oxygen atoms in total. The number of halogens is 4. The van der Waals surface area contributed by atoms with Gasteiger partial charge in [-0.3, -0.25) is 4.90 Å². The van der Waals surface area contributed by atoms with Gasteiger partial charge in [-0.2, -0.15) is 0 Å². The van der Waals surface area contributed by atoms with E-state index in [1.54, 1.807) is 0 Å². The Morgan fingerprint density at radius 2 is 2.32 bits per heavy atom. The Balaban J connectivity index is 0.00000180. The van der Waals surface area contributed by atoms with Gasteiger partial charge in [0, 0.05) is 6.54 Å². The minimum atomic E-state index is -1.63. The van der Waals surface area contributed by atoms with Crippen LogP contribution in [0.25, 0.3) is 0 Å². The van der Waals surface area contributed by atoms with E-state index >= 15 is 0 Å². The molecule has 0 spiro atoms. The Hall–Kier alpha value is -0.560. The number of nitrogens with two attached hydrogens (primary N) is 1. The zero-order valence-corrected chi connectivity index (χ0v) is 12.6. The van der Waals surface area contributed by atoms with Crippen LogP contribution in [0.4, 0.5) is 4.79 Å². The number of nitrogens with one attached hydrogen (secondary N) is 1. The number of rotatable bonds is 1. The molecule has 0 bridgehead atoms. The monoisotopic (exact) mass is 348 g/mol. The van der Waals surface area contributed by atoms with Crippen molar-refractivity contribution in [3.63, 3.8) is 0 Å². The van der Waals surface area contributed by atoms with Crippen LogP contribution in [0.1, 0.15) is 0 Å². The first kappa shape index (κ1) is 16.5. The lowest BCUT2D eigenvalue weighted by Crippen LogP contribution is -2.50. The maximum Gasteiger partial charge on any atom is 0.412 e. The molecule has 10 heteroatoms. The van der Waals surface area contributed by atoms with E-state index in [0.29, 0.717) is 6.54 Å². The third-order valence-corrected chi connectivity index (χ3v) is 2.79. The van der Waals surface area contributed by atoms with Crippen molar-refractivity contribution in [2.45, 2.75) is 16.0 Å². The highest BCUT2D eigenvalue weighted by atomic mass is 35.6. The molecular weight excluding hydrogens is 338 g/mol. The molecule has 2 rings (SSSR count). The topological polar surface area (TPSA) is 80.0 Å². The number of fused-ring (bicyclic) bond motifs is 1. The van der Waals surface area contributed by atoms with Crippen LogP contribution in [-0.4, -0.2) is 46.1 Å². The van der Waals surface area contributed by atoms with Gasteiger partial charge in [-0.1, -0.05) is 47.0 Å². The highest BCUT2D eigenvalue weighted by molar-refractivity contribution is 6.67. The van der Waals surface area contributed by atoms with E-state index in [1.165, 1.54) is 4.90 Å². The summed E-state index contributed by atoms with van der Waals surface area (Å²) in [6.45, 7) is 0.0546. The van der Waals surface area contributed by atoms with Gasteiger partial charge in [0.05, 0.1) is 6.04 Å². The molecule has 0 aliphatic carbocycles. The first-order valence-corrected chi connectivity index (χ1v) is 6.27. The molecule has 2 heterocycles. The summed E-state index contributed by atoms with van der Waals surface area (Å²) in [6, 6.07) is -0.140. The van der Waals surface area contributed by atoms with Gasteiger partial charge in [0.1, 0.15) is 6.61 Å². The van der Waals surface area contributed by atoms with Crippen LogP contribution in [0.5, 0.6) is 0 Å². The molecule has 0 saturated carbocycles. The summed E-state index contributed by atoms with van der Waals surface area (Å²) in [7, 11) is 0. The minimum Gasteiger partial charge on any atom is -0.445 e. The highest BCUT2D eigenvalue weighted by Crippen LogP contribution is 2.27. The average Bonchev–Trinajstić information content (AvgIpc) is 2.64. The first-order valence-electron chi connectivity index (χ1n) is 5.13. The van der Waals surface area contributed by atoms with Gasteiger partial charge in [-0.05, 0) is 0 Å². The second-order valence-electron chi connectivity index (χ2n) is 3.85. The molecule has 2 atom stereocenters. The van der Waals surface area contributed by atoms with Gasteiger partial charge in [0.2, 0.25) is 3.79 Å². The number of hydrogen-bond acceptors (Lipinski definition) is 5. The van der Waals surface area contributed by atoms with E-state index in [1.807, 2.05) is 12.2 Å². The molecule has 19 heavy (non-hydrogen) atoms. The van der Waals surface area contributed by atoms with Crippen molar-refractivity contribution in [3.05, 3.63) is 12.2 Å². The molecular formula is C9H12Cl4N4O2. The number of amides is 1. The summed E-state index contributed by atoms with van der Waals surface area (Å²) >= 11 is 16.5. The van der Waals surface area contributed by atoms with Crippen molar-refractivity contribution >= 4 is 59.3 Å². The van der Waals surface area contributed by atoms with Gasteiger partial charge < -0.3 is 15.8 Å². The molecule has 0 aromatic carbocycles. The van der Waals surface area contributed by atoms with Gasteiger partial charge in [0.25, 0.3) is 0 Å². The van der Waals surface area contributed by atoms with Crippen LogP contribution in [-0.2, 0) is 4.74 Å². The van der Waals surface area contributed by atoms with Crippen LogP contribution in [0.2, 0.25) is 0 Å². The number of nitrogens with zero attached hydrogens (tertiary/aromatic N) is 2. The third-order valence-electron chi connectivity index (χ3n) is 2.47. The summed E-state index contributed by atoms with van der Waals surface area (Å²) in [6.07, 6.45) is 2.70. The number of ether oxygens (including phenoxy) is 1. The number of hydrogen-bond donors (Lipinski definition) is 2. The summed E-state index contributed by atoms with van der Waals surface area (Å²) in [4.78, 5) is 17.4. The van der Waals surface area contributed by atoms with Crippen LogP contribution in [0.15, 0.2) is 17.1 Å². The van der Waals surface area contributed by atoms with Crippen LogP contribution < -0.4 is 11.1 Å². The Morgan fingerprint density at radius 1 is 1.63 bits per heavy atom. The molecule has 0 fully saturated rings. The van der Waals surface area contributed by atoms with E-state index in [0.717, 1.165) is 0 Å². The third kappa shape index (κ3) is 4.21. The van der Waals surface area contributed by atoms with E-state index in [9.17, 15) is 4.79 Å². The molecule has 0 aromatic heterocycles. The number of carbonyl (C=O) groups is 1. The van der Waals surface area contributed by atoms with Crippen molar-refractivity contribution in [2.24, 2.45) is 10.7 Å². The van der Waals surface area contributed by atoms with E-state index in [-0.39, 0.29) is 31.0 Å². The van der Waals surface area contributed by atoms with Gasteiger partial charge in [-0.15, -0.1) is 12.4 Å². The van der Waals surface area contributed by atoms with Crippen LogP contribution >= 0.6 is 47.2 Å². The second kappa shape index (κ2) is 6.26. The summed E-state index contributed by atoms with van der Waals surface area (Å²) in [5, 5.41) is 2.93. The molecule has 0 unspecified atom stereocenters. The molecule has 0 saturated heterocycles. The summed E-state index contributed by atoms with van der Waals surface area (Å²) in [5.74, 6) is 0.288. The van der Waals surface area contributed by atoms with Crippen molar-refractivity contribution in [1.29, 1.82) is 0 Å². The molecule has 2 aliphatic rings. The molecule has 1 amide bonds. The lowest BCUT2D eigenvalue weighted by atomic mass is 10.1. The maximum absolute atomic E-state index is 11.9. The Kier molecular flexibility index (Phi) is 5.43. The number of alkyl halides is 3. The van der Waals surface area contributed by atoms with Crippen molar-refractivity contribution in [3.8, 4) is 0 Å². The lowest BCUT2D eigenvalue weighted by Gasteiger charge is -2.31. The smallest absolute Gasteiger partial charge is 0.412 e. The highest BCUT2D eigenvalue weighted by Gasteiger charge is 2.37. The van der Waals surface area contributed by atoms with Crippen LogP contribution in [0, 0.1) is 0 Å². The van der Waals surface area contributed by atoms with Crippen molar-refractivity contribution in [2.75, 3.05) is 13.2 Å². The Labute approximate surface area is 131 Å². The second-order valence-corrected chi connectivity index (χ2v) is 6.36. The maximum atomic E-state index is 11.9. The molecule has 0 radical (unpaired) electrons. The minimum absolute atomic E-state index is 0. The van der Waals surface area contributed by atoms with E-state index < -0.39 is 16.1 Å². The van der Waals surface area contributed by atoms with Gasteiger partial charge >= 0.3 is 6.09 Å². The molecule has 108 valence electrons. The van der Waals surface area contributed by atoms with E-state index in [2.05, 4.69) is 10.3 Å². The largest absolute Gasteiger partial charge is 0.445 e. The van der Waals surface area contributed by atoms with Crippen molar-refractivity contribution < 1.29 is 9.53 Å². The number of guanidine groups is 1. The Bertz CT molecular complexity index is 410. The molecule has 0 aromatic rings. The van der Waals surface area contributed by atoms with Crippen LogP contribution in [0.3, 0.4) is 0 Å². The first-order chi connectivity index (χ1) is 8.37. The molecule has 2 aliphatic heterocycles. The number of carbonyl (C=O) groups excluding carboxylic acids is 1. The summed E-state index contributed by atoms with van der Waals surface area (Å²) in [5.41, 5.74) is 5.56. The van der Waals surface area contributed by atoms with E-state index in [4.69, 9.17) is 45.3 Å². The lowest BCUT2D eigenvalue weighted by molar-refractivity contribution is 0.0897. The molecule has 3 N–H and O–H groups in total. The fraction of sp³-hybridized carbons (Fsp3) is 0.556. The number of aliphatic imine (C=N–C) groups is 1. The zero-order chi connectivity index (χ0) is 13.3.